The molecule has 2 aromatic rings. The van der Waals surface area contributed by atoms with Gasteiger partial charge in [0, 0.05) is 24.9 Å². The number of carboxylic acids is 1. The van der Waals surface area contributed by atoms with E-state index >= 15 is 0 Å². The second-order valence-electron chi connectivity index (χ2n) is 5.71. The third-order valence-electron chi connectivity index (χ3n) is 4.17. The van der Waals surface area contributed by atoms with Crippen LogP contribution in [0.25, 0.3) is 17.2 Å². The van der Waals surface area contributed by atoms with E-state index in [0.29, 0.717) is 6.04 Å². The van der Waals surface area contributed by atoms with Crippen LogP contribution in [0.1, 0.15) is 25.8 Å². The monoisotopic (exact) mass is 309 g/mol. The smallest absolute Gasteiger partial charge is 0.328 e. The van der Waals surface area contributed by atoms with E-state index in [9.17, 15) is 4.79 Å². The number of nitrogens with zero attached hydrogens (tertiary/aromatic N) is 1. The van der Waals surface area contributed by atoms with Crippen LogP contribution in [0.3, 0.4) is 0 Å². The van der Waals surface area contributed by atoms with Gasteiger partial charge in [-0.15, -0.1) is 0 Å². The minimum atomic E-state index is -0.935. The van der Waals surface area contributed by atoms with E-state index in [2.05, 4.69) is 50.1 Å². The van der Waals surface area contributed by atoms with Crippen LogP contribution >= 0.6 is 0 Å². The highest BCUT2D eigenvalue weighted by Crippen LogP contribution is 2.26. The number of aliphatic carboxylic acids is 1. The molecular formula is C20H23NO2. The fourth-order valence-electron chi connectivity index (χ4n) is 2.39. The van der Waals surface area contributed by atoms with Crippen molar-refractivity contribution in [3.63, 3.8) is 0 Å². The Morgan fingerprint density at radius 3 is 2.48 bits per heavy atom. The quantitative estimate of drug-likeness (QED) is 0.787. The van der Waals surface area contributed by atoms with E-state index in [0.717, 1.165) is 29.2 Å². The number of carboxylic acid groups (broad SMARTS) is 1. The van der Waals surface area contributed by atoms with Gasteiger partial charge in [-0.2, -0.15) is 0 Å². The van der Waals surface area contributed by atoms with Crippen LogP contribution in [0.15, 0.2) is 54.6 Å². The minimum Gasteiger partial charge on any atom is -0.478 e. The topological polar surface area (TPSA) is 40.5 Å². The largest absolute Gasteiger partial charge is 0.478 e. The fraction of sp³-hybridized carbons (Fsp3) is 0.250. The van der Waals surface area contributed by atoms with Gasteiger partial charge in [0.25, 0.3) is 0 Å². The van der Waals surface area contributed by atoms with Gasteiger partial charge in [-0.1, -0.05) is 43.3 Å². The summed E-state index contributed by atoms with van der Waals surface area (Å²) < 4.78 is 0. The summed E-state index contributed by atoms with van der Waals surface area (Å²) in [4.78, 5) is 12.8. The zero-order valence-electron chi connectivity index (χ0n) is 13.9. The number of anilines is 1. The van der Waals surface area contributed by atoms with Crippen molar-refractivity contribution in [3.8, 4) is 11.1 Å². The van der Waals surface area contributed by atoms with Gasteiger partial charge in [0.05, 0.1) is 0 Å². The summed E-state index contributed by atoms with van der Waals surface area (Å²) in [6, 6.07) is 16.9. The zero-order chi connectivity index (χ0) is 16.8. The van der Waals surface area contributed by atoms with Crippen LogP contribution in [0.4, 0.5) is 5.69 Å². The molecule has 2 rings (SSSR count). The Kier molecular flexibility index (Phi) is 5.58. The zero-order valence-corrected chi connectivity index (χ0v) is 13.9. The number of hydrogen-bond acceptors (Lipinski definition) is 2. The van der Waals surface area contributed by atoms with Crippen LogP contribution in [-0.2, 0) is 4.79 Å². The summed E-state index contributed by atoms with van der Waals surface area (Å²) >= 11 is 0. The molecule has 0 saturated heterocycles. The predicted molar refractivity (Wildman–Crippen MR) is 96.7 cm³/mol. The number of rotatable bonds is 6. The third kappa shape index (κ3) is 4.46. The predicted octanol–water partition coefficient (Wildman–Crippen LogP) is 4.69. The Balaban J connectivity index is 2.23. The van der Waals surface area contributed by atoms with Gasteiger partial charge in [-0.25, -0.2) is 4.79 Å². The molecule has 23 heavy (non-hydrogen) atoms. The SMILES string of the molecule is CCC(C)N(C)c1cccc(-c2ccc(/C=C/C(=O)O)cc2)c1. The van der Waals surface area contributed by atoms with Crippen LogP contribution in [-0.4, -0.2) is 24.2 Å². The highest BCUT2D eigenvalue weighted by molar-refractivity contribution is 5.85. The number of carbonyl (C=O) groups is 1. The molecule has 3 nitrogen and oxygen atoms in total. The summed E-state index contributed by atoms with van der Waals surface area (Å²) in [7, 11) is 2.12. The van der Waals surface area contributed by atoms with Crippen molar-refractivity contribution in [2.24, 2.45) is 0 Å². The van der Waals surface area contributed by atoms with E-state index in [1.165, 1.54) is 5.69 Å². The van der Waals surface area contributed by atoms with Crippen molar-refractivity contribution < 1.29 is 9.90 Å². The van der Waals surface area contributed by atoms with Crippen molar-refractivity contribution >= 4 is 17.7 Å². The molecule has 2 aromatic carbocycles. The maximum atomic E-state index is 10.6. The van der Waals surface area contributed by atoms with Gasteiger partial charge in [-0.3, -0.25) is 0 Å². The molecule has 0 radical (unpaired) electrons. The summed E-state index contributed by atoms with van der Waals surface area (Å²) in [6.45, 7) is 4.41. The van der Waals surface area contributed by atoms with Gasteiger partial charge in [0.1, 0.15) is 0 Å². The van der Waals surface area contributed by atoms with E-state index in [-0.39, 0.29) is 0 Å². The summed E-state index contributed by atoms with van der Waals surface area (Å²) in [5.41, 5.74) is 4.36. The molecule has 3 heteroatoms. The van der Waals surface area contributed by atoms with E-state index in [1.807, 2.05) is 24.3 Å². The Labute approximate surface area is 137 Å². The van der Waals surface area contributed by atoms with Crippen LogP contribution in [0.2, 0.25) is 0 Å². The Hall–Kier alpha value is -2.55. The Bertz CT molecular complexity index is 689. The molecule has 120 valence electrons. The molecule has 1 N–H and O–H groups in total. The maximum Gasteiger partial charge on any atom is 0.328 e. The average molecular weight is 309 g/mol. The minimum absolute atomic E-state index is 0.494. The van der Waals surface area contributed by atoms with Crippen molar-refractivity contribution in [2.45, 2.75) is 26.3 Å². The van der Waals surface area contributed by atoms with Crippen molar-refractivity contribution in [1.29, 1.82) is 0 Å². The molecule has 0 saturated carbocycles. The Morgan fingerprint density at radius 2 is 1.87 bits per heavy atom. The fourth-order valence-corrected chi connectivity index (χ4v) is 2.39. The summed E-state index contributed by atoms with van der Waals surface area (Å²) in [6.07, 6.45) is 3.85. The lowest BCUT2D eigenvalue weighted by molar-refractivity contribution is -0.131. The first-order chi connectivity index (χ1) is 11.0. The lowest BCUT2D eigenvalue weighted by Gasteiger charge is -2.26. The Morgan fingerprint density at radius 1 is 1.17 bits per heavy atom. The number of benzene rings is 2. The molecule has 0 fully saturated rings. The molecule has 0 aliphatic rings. The average Bonchev–Trinajstić information content (AvgIpc) is 2.59. The van der Waals surface area contributed by atoms with Gasteiger partial charge < -0.3 is 10.0 Å². The first-order valence-electron chi connectivity index (χ1n) is 7.85. The normalized spacial score (nSPS) is 12.3. The summed E-state index contributed by atoms with van der Waals surface area (Å²) in [5, 5.41) is 8.66. The van der Waals surface area contributed by atoms with Crippen molar-refractivity contribution in [3.05, 3.63) is 60.2 Å². The van der Waals surface area contributed by atoms with Gasteiger partial charge in [0.2, 0.25) is 0 Å². The molecular weight excluding hydrogens is 286 g/mol. The highest BCUT2D eigenvalue weighted by Gasteiger charge is 2.08. The van der Waals surface area contributed by atoms with E-state index in [1.54, 1.807) is 6.08 Å². The first kappa shape index (κ1) is 16.8. The van der Waals surface area contributed by atoms with Gasteiger partial charge in [0.15, 0.2) is 0 Å². The van der Waals surface area contributed by atoms with Crippen LogP contribution in [0.5, 0.6) is 0 Å². The lowest BCUT2D eigenvalue weighted by Crippen LogP contribution is -2.27. The van der Waals surface area contributed by atoms with Gasteiger partial charge >= 0.3 is 5.97 Å². The van der Waals surface area contributed by atoms with Crippen molar-refractivity contribution in [1.82, 2.24) is 0 Å². The van der Waals surface area contributed by atoms with E-state index < -0.39 is 5.97 Å². The summed E-state index contributed by atoms with van der Waals surface area (Å²) in [5.74, 6) is -0.935. The third-order valence-corrected chi connectivity index (χ3v) is 4.17. The molecule has 0 aliphatic heterocycles. The molecule has 1 atom stereocenters. The standard InChI is InChI=1S/C20H23NO2/c1-4-15(2)21(3)19-7-5-6-18(14-19)17-11-8-16(9-12-17)10-13-20(22)23/h5-15H,4H2,1-3H3,(H,22,23)/b13-10+. The molecule has 1 unspecified atom stereocenters. The van der Waals surface area contributed by atoms with Crippen LogP contribution < -0.4 is 4.90 Å². The van der Waals surface area contributed by atoms with Crippen molar-refractivity contribution in [2.75, 3.05) is 11.9 Å². The molecule has 0 aromatic heterocycles. The molecule has 0 bridgehead atoms. The molecule has 0 amide bonds. The maximum absolute atomic E-state index is 10.6. The van der Waals surface area contributed by atoms with Crippen LogP contribution in [0, 0.1) is 0 Å². The second-order valence-corrected chi connectivity index (χ2v) is 5.71. The lowest BCUT2D eigenvalue weighted by atomic mass is 10.0. The first-order valence-corrected chi connectivity index (χ1v) is 7.85. The molecule has 0 aliphatic carbocycles. The van der Waals surface area contributed by atoms with Gasteiger partial charge in [-0.05, 0) is 48.2 Å². The second kappa shape index (κ2) is 7.63. The van der Waals surface area contributed by atoms with E-state index in [4.69, 9.17) is 5.11 Å². The highest BCUT2D eigenvalue weighted by atomic mass is 16.4. The molecule has 0 heterocycles. The molecule has 0 spiro atoms. The number of hydrogen-bond donors (Lipinski definition) is 1.